The molecule has 2 saturated carbocycles. The number of benzene rings is 8. The minimum absolute atomic E-state index is 0.0315. The third-order valence-corrected chi connectivity index (χ3v) is 27.4. The minimum Gasteiger partial charge on any atom is -0.348 e. The van der Waals surface area contributed by atoms with Gasteiger partial charge in [-0.05, 0) is 213 Å². The number of carbonyl (C=O) groups is 4. The van der Waals surface area contributed by atoms with Crippen LogP contribution in [0.15, 0.2) is 174 Å². The van der Waals surface area contributed by atoms with Crippen LogP contribution < -0.4 is 16.2 Å². The number of halogens is 10. The summed E-state index contributed by atoms with van der Waals surface area (Å²) in [5.41, 5.74) is 22.3. The molecule has 4 aliphatic rings. The number of carbonyl (C=O) groups excluding carboxylic acids is 4. The van der Waals surface area contributed by atoms with Crippen LogP contribution in [0.2, 0.25) is 40.2 Å². The first kappa shape index (κ1) is 96.6. The highest BCUT2D eigenvalue weighted by Gasteiger charge is 2.34. The maximum Gasteiger partial charge on any atom is 0.286 e. The average Bonchev–Trinajstić information content (AvgIpc) is 1.63. The highest BCUT2D eigenvalue weighted by Crippen LogP contribution is 2.41. The number of nitrogens with one attached hydrogen (secondary N) is 4. The van der Waals surface area contributed by atoms with Crippen molar-refractivity contribution in [1.29, 1.82) is 0 Å². The second-order valence-electron chi connectivity index (χ2n) is 32.8. The minimum atomic E-state index is -0.243. The van der Waals surface area contributed by atoms with Crippen LogP contribution >= 0.6 is 131 Å². The van der Waals surface area contributed by atoms with Crippen LogP contribution in [-0.2, 0) is 19.9 Å². The second-order valence-corrected chi connectivity index (χ2v) is 38.3. The average molecular weight is 2110 g/mol. The molecule has 0 spiro atoms. The van der Waals surface area contributed by atoms with Crippen molar-refractivity contribution in [3.05, 3.63) is 263 Å². The molecule has 0 radical (unpaired) electrons. The number of hydrogen-bond donors (Lipinski definition) is 4. The van der Waals surface area contributed by atoms with Gasteiger partial charge in [0.1, 0.15) is 0 Å². The van der Waals surface area contributed by atoms with Gasteiger partial charge in [0.25, 0.3) is 23.6 Å². The number of H-pyrrole nitrogens is 1. The molecule has 132 heavy (non-hydrogen) atoms. The Bertz CT molecular complexity index is 6440. The highest BCUT2D eigenvalue weighted by molar-refractivity contribution is 14.1. The van der Waals surface area contributed by atoms with Gasteiger partial charge in [-0.15, -0.1) is 15.3 Å². The third kappa shape index (κ3) is 22.5. The number of aromatic nitrogens is 16. The van der Waals surface area contributed by atoms with Gasteiger partial charge in [-0.3, -0.25) is 30.0 Å². The van der Waals surface area contributed by atoms with E-state index in [0.717, 1.165) is 177 Å². The summed E-state index contributed by atoms with van der Waals surface area (Å²) in [7, 11) is 3.70. The fourth-order valence-corrected chi connectivity index (χ4v) is 19.7. The summed E-state index contributed by atoms with van der Waals surface area (Å²) in [5, 5.41) is 56.0. The van der Waals surface area contributed by atoms with E-state index in [-0.39, 0.29) is 35.7 Å². The van der Waals surface area contributed by atoms with E-state index in [4.69, 9.17) is 113 Å². The Morgan fingerprint density at radius 1 is 0.447 bits per heavy atom. The molecule has 26 nitrogen and oxygen atoms in total. The Kier molecular flexibility index (Phi) is 32.6. The quantitative estimate of drug-likeness (QED) is 0.0516. The Labute approximate surface area is 827 Å². The van der Waals surface area contributed by atoms with Gasteiger partial charge in [0.15, 0.2) is 28.6 Å². The highest BCUT2D eigenvalue weighted by atomic mass is 127. The molecule has 36 heteroatoms. The number of tetrazole rings is 2. The molecule has 0 bridgehead atoms. The fourth-order valence-electron chi connectivity index (χ4n) is 17.2. The van der Waals surface area contributed by atoms with E-state index >= 15 is 0 Å². The van der Waals surface area contributed by atoms with E-state index < -0.39 is 0 Å². The zero-order valence-electron chi connectivity index (χ0n) is 73.3. The molecule has 8 aromatic carbocycles. The van der Waals surface area contributed by atoms with Gasteiger partial charge in [0.05, 0.1) is 65.6 Å². The van der Waals surface area contributed by atoms with Crippen LogP contribution in [-0.4, -0.2) is 164 Å². The summed E-state index contributed by atoms with van der Waals surface area (Å²) >= 11 is 56.5. The van der Waals surface area contributed by atoms with Gasteiger partial charge < -0.3 is 10.2 Å². The van der Waals surface area contributed by atoms with E-state index in [1.165, 1.54) is 38.5 Å². The molecule has 2 saturated heterocycles. The molecule has 8 heterocycles. The molecule has 4 N–H and O–H groups in total. The van der Waals surface area contributed by atoms with Crippen LogP contribution in [0.3, 0.4) is 0 Å². The molecule has 4 fully saturated rings. The Morgan fingerprint density at radius 3 is 1.23 bits per heavy atom. The molecule has 684 valence electrons. The first-order valence-corrected chi connectivity index (χ1v) is 48.8. The first-order valence-electron chi connectivity index (χ1n) is 44.0. The lowest BCUT2D eigenvalue weighted by molar-refractivity contribution is 0.0687. The van der Waals surface area contributed by atoms with Gasteiger partial charge >= 0.3 is 0 Å². The molecular formula is C96H96BrCl8IN22O4. The van der Waals surface area contributed by atoms with Gasteiger partial charge in [-0.25, -0.2) is 33.4 Å². The van der Waals surface area contributed by atoms with E-state index in [0.29, 0.717) is 110 Å². The number of aryl methyl sites for hydroxylation is 1. The number of nitrogens with zero attached hydrogens (tertiary/aromatic N) is 18. The van der Waals surface area contributed by atoms with Gasteiger partial charge in [0.2, 0.25) is 5.82 Å². The molecule has 2 aliphatic heterocycles. The first-order chi connectivity index (χ1) is 63.8. The summed E-state index contributed by atoms with van der Waals surface area (Å²) in [6.07, 6.45) is 19.3. The van der Waals surface area contributed by atoms with E-state index in [9.17, 15) is 19.2 Å². The smallest absolute Gasteiger partial charge is 0.286 e. The fraction of sp³-hybridized carbons (Fsp3) is 0.312. The summed E-state index contributed by atoms with van der Waals surface area (Å²) in [4.78, 5) is 55.2. The largest absolute Gasteiger partial charge is 0.348 e. The summed E-state index contributed by atoms with van der Waals surface area (Å²) in [6.45, 7) is 11.2. The van der Waals surface area contributed by atoms with E-state index in [2.05, 4.69) is 129 Å². The van der Waals surface area contributed by atoms with Crippen molar-refractivity contribution in [2.24, 2.45) is 7.05 Å². The second kappa shape index (κ2) is 44.5. The number of amides is 4. The summed E-state index contributed by atoms with van der Waals surface area (Å²) in [6, 6.07) is 53.3. The molecule has 6 aromatic heterocycles. The molecule has 0 atom stereocenters. The molecule has 18 rings (SSSR count). The van der Waals surface area contributed by atoms with Crippen molar-refractivity contribution >= 4 is 155 Å². The van der Waals surface area contributed by atoms with Crippen LogP contribution in [0, 0.1) is 17.4 Å². The standard InChI is InChI=1S/C25H26BrCl2N3O.C24H24Cl2IN3O.C24H24Cl2N8O.C23H22Cl2N8O/c1-3-20-23(25(32)30(2)19-7-5-4-6-8-19)29-31(22-14-13-18(27)15-21(22)28)24(20)16-9-11-17(26)12-10-16;1-2-19-22(24(31)28-18-6-4-3-5-7-18)29-30(21-13-10-16(25)14-20(21)26)23(19)15-8-11-17(27)12-9-15;1-15-21(24(35)29-33-12-4-3-5-13-33)28-34(20-11-10-18(25)14-19(20)26)22(15)16-6-8-17(9-7-16)23-27-30-31-32(23)2;1-14-20(23(34)29-32-11-3-2-4-12-32)28-33(19-10-9-17(24)13-18(19)25)21(14)15-5-7-16(8-6-15)22-26-30-31-27-22/h9-15,19H,3-8H2,1-2H3;8-14,18H,2-7H2,1H3,(H,28,31);6-11,14H,3-5,12-13H2,1-2H3,(H,29,35);5-10,13H,2-4,11-12H2,1H3,(H,29,34)(H,26,27,30,31). The molecular weight excluding hydrogens is 2020 g/mol. The topological polar surface area (TPSA) is 283 Å². The van der Waals surface area contributed by atoms with Crippen LogP contribution in [0.1, 0.15) is 181 Å². The van der Waals surface area contributed by atoms with Gasteiger partial charge in [-0.1, -0.05) is 247 Å². The predicted octanol–water partition coefficient (Wildman–Crippen LogP) is 23.6. The van der Waals surface area contributed by atoms with Crippen molar-refractivity contribution in [2.45, 2.75) is 155 Å². The zero-order chi connectivity index (χ0) is 93.0. The van der Waals surface area contributed by atoms with Crippen LogP contribution in [0.4, 0.5) is 0 Å². The molecule has 4 amide bonds. The maximum absolute atomic E-state index is 13.6. The monoisotopic (exact) mass is 2110 g/mol. The predicted molar refractivity (Wildman–Crippen MR) is 535 cm³/mol. The Hall–Kier alpha value is -9.93. The van der Waals surface area contributed by atoms with E-state index in [1.807, 2.05) is 121 Å². The summed E-state index contributed by atoms with van der Waals surface area (Å²) < 4.78 is 10.7. The summed E-state index contributed by atoms with van der Waals surface area (Å²) in [5.74, 6) is 0.530. The lowest BCUT2D eigenvalue weighted by atomic mass is 9.94. The number of rotatable bonds is 20. The van der Waals surface area contributed by atoms with E-state index in [1.54, 1.807) is 91.1 Å². The van der Waals surface area contributed by atoms with Crippen molar-refractivity contribution in [2.75, 3.05) is 33.2 Å². The molecule has 0 unspecified atom stereocenters. The lowest BCUT2D eigenvalue weighted by Gasteiger charge is -2.31. The van der Waals surface area contributed by atoms with Crippen LogP contribution in [0.25, 0.3) is 90.6 Å². The number of aromatic amines is 1. The molecule has 2 aliphatic carbocycles. The van der Waals surface area contributed by atoms with Crippen molar-refractivity contribution < 1.29 is 19.2 Å². The van der Waals surface area contributed by atoms with Crippen molar-refractivity contribution in [3.63, 3.8) is 0 Å². The lowest BCUT2D eigenvalue weighted by Crippen LogP contribution is -2.45. The van der Waals surface area contributed by atoms with Crippen molar-refractivity contribution in [1.82, 2.24) is 111 Å². The zero-order valence-corrected chi connectivity index (χ0v) is 83.1. The molecule has 14 aromatic rings. The third-order valence-electron chi connectivity index (χ3n) is 24.0. The van der Waals surface area contributed by atoms with Gasteiger partial charge in [0, 0.05) is 136 Å². The van der Waals surface area contributed by atoms with Gasteiger partial charge in [-0.2, -0.15) is 25.6 Å². The van der Waals surface area contributed by atoms with Crippen LogP contribution in [0.5, 0.6) is 0 Å². The van der Waals surface area contributed by atoms with Crippen molar-refractivity contribution in [3.8, 4) is 90.6 Å². The number of piperidine rings is 2. The SMILES string of the molecule is CCc1c(C(=O)N(C)C2CCCCC2)nn(-c2ccc(Cl)cc2Cl)c1-c1ccc(Br)cc1.CCc1c(C(=O)NC2CCCCC2)nn(-c2ccc(Cl)cc2Cl)c1-c1ccc(I)cc1.Cc1c(C(=O)NN2CCCCC2)nn(-c2ccc(Cl)cc2Cl)c1-c1ccc(-c2nn[nH]n2)cc1.Cc1c(C(=O)NN2CCCCC2)nn(-c2ccc(Cl)cc2Cl)c1-c1ccc(-c2nnnn2C)cc1. The number of hydrogen-bond acceptors (Lipinski definition) is 16. The maximum atomic E-state index is 13.6. The Balaban J connectivity index is 0.000000135. The Morgan fingerprint density at radius 2 is 0.818 bits per heavy atom. The number of hydrazine groups is 2. The normalized spacial score (nSPS) is 14.4.